The Kier molecular flexibility index (Phi) is 6.11. The number of aromatic nitrogens is 1. The monoisotopic (exact) mass is 296 g/mol. The van der Waals surface area contributed by atoms with Gasteiger partial charge >= 0.3 is 0 Å². The Hall–Kier alpha value is -0.800. The largest absolute Gasteiger partial charge is 0.474 e. The van der Waals surface area contributed by atoms with Gasteiger partial charge in [0.05, 0.1) is 5.02 Å². The number of hydrogen-bond donors (Lipinski definition) is 1. The average Bonchev–Trinajstić information content (AvgIpc) is 2.42. The molecule has 0 spiro atoms. The van der Waals surface area contributed by atoms with E-state index in [1.807, 2.05) is 6.07 Å². The molecule has 0 amide bonds. The molecule has 0 aliphatic heterocycles. The van der Waals surface area contributed by atoms with Crippen LogP contribution in [0.3, 0.4) is 0 Å². The van der Waals surface area contributed by atoms with E-state index in [1.54, 1.807) is 6.20 Å². The van der Waals surface area contributed by atoms with E-state index in [0.717, 1.165) is 43.8 Å². The Bertz CT molecular complexity index is 425. The molecule has 1 heterocycles. The fourth-order valence-corrected chi connectivity index (χ4v) is 2.88. The summed E-state index contributed by atoms with van der Waals surface area (Å²) in [4.78, 5) is 4.30. The molecule has 1 N–H and O–H groups in total. The second-order valence-corrected chi connectivity index (χ2v) is 6.21. The fraction of sp³-hybridized carbons (Fsp3) is 0.688. The van der Waals surface area contributed by atoms with Crippen LogP contribution in [0.2, 0.25) is 5.02 Å². The maximum absolute atomic E-state index is 6.18. The molecule has 2 rings (SSSR count). The van der Waals surface area contributed by atoms with Crippen molar-refractivity contribution in [1.82, 2.24) is 10.3 Å². The van der Waals surface area contributed by atoms with Crippen LogP contribution in [-0.2, 0) is 6.54 Å². The summed E-state index contributed by atoms with van der Waals surface area (Å²) in [6, 6.07) is 1.98. The predicted octanol–water partition coefficient (Wildman–Crippen LogP) is 4.19. The predicted molar refractivity (Wildman–Crippen MR) is 83.3 cm³/mol. The van der Waals surface area contributed by atoms with Gasteiger partial charge in [-0.15, -0.1) is 0 Å². The van der Waals surface area contributed by atoms with Crippen molar-refractivity contribution < 1.29 is 4.74 Å². The number of rotatable bonds is 6. The topological polar surface area (TPSA) is 34.1 Å². The van der Waals surface area contributed by atoms with Crippen molar-refractivity contribution in [2.24, 2.45) is 5.92 Å². The first-order chi connectivity index (χ1) is 9.69. The number of halogens is 1. The van der Waals surface area contributed by atoms with Crippen molar-refractivity contribution in [3.05, 3.63) is 22.8 Å². The van der Waals surface area contributed by atoms with Gasteiger partial charge < -0.3 is 10.1 Å². The summed E-state index contributed by atoms with van der Waals surface area (Å²) in [7, 11) is 0. The minimum absolute atomic E-state index is 0.309. The highest BCUT2D eigenvalue weighted by Crippen LogP contribution is 2.28. The van der Waals surface area contributed by atoms with E-state index in [0.29, 0.717) is 17.0 Å². The van der Waals surface area contributed by atoms with Crippen LogP contribution >= 0.6 is 11.6 Å². The lowest BCUT2D eigenvalue weighted by Gasteiger charge is -2.27. The number of hydrogen-bond acceptors (Lipinski definition) is 3. The van der Waals surface area contributed by atoms with E-state index >= 15 is 0 Å². The summed E-state index contributed by atoms with van der Waals surface area (Å²) in [5.74, 6) is 1.47. The zero-order chi connectivity index (χ0) is 14.4. The highest BCUT2D eigenvalue weighted by Gasteiger charge is 2.20. The van der Waals surface area contributed by atoms with Crippen molar-refractivity contribution >= 4 is 11.6 Å². The molecule has 1 aliphatic rings. The van der Waals surface area contributed by atoms with Crippen LogP contribution in [0, 0.1) is 5.92 Å². The van der Waals surface area contributed by atoms with Crippen molar-refractivity contribution in [2.75, 3.05) is 6.54 Å². The van der Waals surface area contributed by atoms with Gasteiger partial charge in [0.2, 0.25) is 5.88 Å². The van der Waals surface area contributed by atoms with Gasteiger partial charge in [-0.3, -0.25) is 0 Å². The van der Waals surface area contributed by atoms with Gasteiger partial charge in [0.1, 0.15) is 6.10 Å². The van der Waals surface area contributed by atoms with Gasteiger partial charge in [-0.25, -0.2) is 4.98 Å². The summed E-state index contributed by atoms with van der Waals surface area (Å²) in [6.45, 7) is 6.21. The highest BCUT2D eigenvalue weighted by atomic mass is 35.5. The summed E-state index contributed by atoms with van der Waals surface area (Å²) in [6.07, 6.45) is 7.97. The van der Waals surface area contributed by atoms with E-state index < -0.39 is 0 Å². The van der Waals surface area contributed by atoms with Crippen molar-refractivity contribution in [1.29, 1.82) is 0 Å². The van der Waals surface area contributed by atoms with Crippen LogP contribution in [0.1, 0.15) is 51.5 Å². The van der Waals surface area contributed by atoms with Gasteiger partial charge in [0, 0.05) is 18.8 Å². The highest BCUT2D eigenvalue weighted by molar-refractivity contribution is 6.31. The van der Waals surface area contributed by atoms with Crippen LogP contribution in [0.15, 0.2) is 12.3 Å². The third-order valence-electron chi connectivity index (χ3n) is 3.83. The number of pyridine rings is 1. The maximum Gasteiger partial charge on any atom is 0.213 e. The van der Waals surface area contributed by atoms with Gasteiger partial charge in [0.25, 0.3) is 0 Å². The first kappa shape index (κ1) is 15.6. The second kappa shape index (κ2) is 7.84. The van der Waals surface area contributed by atoms with Crippen LogP contribution in [-0.4, -0.2) is 17.6 Å². The van der Waals surface area contributed by atoms with Crippen LogP contribution in [0.4, 0.5) is 0 Å². The lowest BCUT2D eigenvalue weighted by atomic mass is 9.89. The molecule has 1 saturated carbocycles. The minimum atomic E-state index is 0.309. The lowest BCUT2D eigenvalue weighted by molar-refractivity contribution is 0.124. The number of ether oxygens (including phenoxy) is 1. The molecule has 1 aliphatic carbocycles. The Balaban J connectivity index is 1.95. The second-order valence-electron chi connectivity index (χ2n) is 5.80. The normalized spacial score (nSPS) is 22.8. The van der Waals surface area contributed by atoms with E-state index in [2.05, 4.69) is 24.1 Å². The summed E-state index contributed by atoms with van der Waals surface area (Å²) in [5, 5.41) is 4.07. The first-order valence-electron chi connectivity index (χ1n) is 7.70. The van der Waals surface area contributed by atoms with Crippen molar-refractivity contribution in [3.63, 3.8) is 0 Å². The first-order valence-corrected chi connectivity index (χ1v) is 8.08. The molecule has 1 fully saturated rings. The smallest absolute Gasteiger partial charge is 0.213 e. The van der Waals surface area contributed by atoms with E-state index in [1.165, 1.54) is 12.8 Å². The molecule has 2 unspecified atom stereocenters. The Labute approximate surface area is 127 Å². The number of nitrogens with one attached hydrogen (secondary N) is 1. The van der Waals surface area contributed by atoms with Gasteiger partial charge in [-0.2, -0.15) is 0 Å². The molecule has 2 atom stereocenters. The summed E-state index contributed by atoms with van der Waals surface area (Å²) < 4.78 is 6.03. The Morgan fingerprint density at radius 1 is 1.45 bits per heavy atom. The van der Waals surface area contributed by atoms with Crippen LogP contribution in [0.5, 0.6) is 5.88 Å². The quantitative estimate of drug-likeness (QED) is 0.799. The third-order valence-corrected chi connectivity index (χ3v) is 4.17. The average molecular weight is 297 g/mol. The summed E-state index contributed by atoms with van der Waals surface area (Å²) >= 11 is 6.18. The molecule has 112 valence electrons. The maximum atomic E-state index is 6.18. The molecule has 0 aromatic carbocycles. The lowest BCUT2D eigenvalue weighted by Crippen LogP contribution is -2.24. The SMILES string of the molecule is CCCNCc1cc(OC2CCCC(C)C2)ncc1Cl. The standard InChI is InChI=1S/C16H25ClN2O/c1-3-7-18-10-13-9-16(19-11-15(13)17)20-14-6-4-5-12(2)8-14/h9,11-12,14,18H,3-8,10H2,1-2H3. The molecule has 20 heavy (non-hydrogen) atoms. The van der Waals surface area contributed by atoms with Crippen molar-refractivity contribution in [3.8, 4) is 5.88 Å². The van der Waals surface area contributed by atoms with Crippen LogP contribution in [0.25, 0.3) is 0 Å². The van der Waals surface area contributed by atoms with Gasteiger partial charge in [-0.05, 0) is 43.7 Å². The number of nitrogens with zero attached hydrogens (tertiary/aromatic N) is 1. The van der Waals surface area contributed by atoms with E-state index in [4.69, 9.17) is 16.3 Å². The Morgan fingerprint density at radius 3 is 3.05 bits per heavy atom. The van der Waals surface area contributed by atoms with Gasteiger partial charge in [0.15, 0.2) is 0 Å². The summed E-state index contributed by atoms with van der Waals surface area (Å²) in [5.41, 5.74) is 1.06. The molecule has 1 aromatic rings. The molecular formula is C16H25ClN2O. The molecular weight excluding hydrogens is 272 g/mol. The zero-order valence-corrected chi connectivity index (χ0v) is 13.2. The van der Waals surface area contributed by atoms with Gasteiger partial charge in [-0.1, -0.05) is 31.9 Å². The molecule has 0 radical (unpaired) electrons. The fourth-order valence-electron chi connectivity index (χ4n) is 2.71. The molecule has 4 heteroatoms. The molecule has 0 bridgehead atoms. The minimum Gasteiger partial charge on any atom is -0.474 e. The molecule has 3 nitrogen and oxygen atoms in total. The van der Waals surface area contributed by atoms with E-state index in [9.17, 15) is 0 Å². The molecule has 0 saturated heterocycles. The van der Waals surface area contributed by atoms with Crippen molar-refractivity contribution in [2.45, 2.75) is 58.6 Å². The van der Waals surface area contributed by atoms with E-state index in [-0.39, 0.29) is 0 Å². The third kappa shape index (κ3) is 4.64. The molecule has 1 aromatic heterocycles. The zero-order valence-electron chi connectivity index (χ0n) is 12.5. The van der Waals surface area contributed by atoms with Crippen LogP contribution < -0.4 is 10.1 Å². The Morgan fingerprint density at radius 2 is 2.30 bits per heavy atom.